The predicted octanol–water partition coefficient (Wildman–Crippen LogP) is 3.00. The van der Waals surface area contributed by atoms with Crippen LogP contribution in [0.25, 0.3) is 0 Å². The molecule has 0 aliphatic rings. The molecule has 0 unspecified atom stereocenters. The summed E-state index contributed by atoms with van der Waals surface area (Å²) in [6.07, 6.45) is 0. The summed E-state index contributed by atoms with van der Waals surface area (Å²) < 4.78 is 52.4. The van der Waals surface area contributed by atoms with E-state index in [9.17, 15) is 27.3 Å². The van der Waals surface area contributed by atoms with Crippen molar-refractivity contribution in [2.24, 2.45) is 0 Å². The lowest BCUT2D eigenvalue weighted by Gasteiger charge is -2.18. The third kappa shape index (κ3) is 3.57. The van der Waals surface area contributed by atoms with E-state index in [0.29, 0.717) is 11.6 Å². The first-order valence-corrected chi connectivity index (χ1v) is 8.22. The standard InChI is InChI=1S/C15H14F2N2O4S/c1-10-3-6-13(8-15(10)19(20)21)24(22,23)18(2)9-11-4-5-12(16)7-14(11)17/h3-8H,9H2,1-2H3. The second-order valence-electron chi connectivity index (χ2n) is 5.20. The third-order valence-electron chi connectivity index (χ3n) is 3.49. The van der Waals surface area contributed by atoms with Gasteiger partial charge >= 0.3 is 0 Å². The van der Waals surface area contributed by atoms with Crippen molar-refractivity contribution >= 4 is 15.7 Å². The largest absolute Gasteiger partial charge is 0.273 e. The second kappa shape index (κ2) is 6.62. The maximum Gasteiger partial charge on any atom is 0.273 e. The lowest BCUT2D eigenvalue weighted by molar-refractivity contribution is -0.385. The highest BCUT2D eigenvalue weighted by Crippen LogP contribution is 2.25. The number of hydrogen-bond acceptors (Lipinski definition) is 4. The summed E-state index contributed by atoms with van der Waals surface area (Å²) in [5, 5.41) is 11.0. The zero-order chi connectivity index (χ0) is 18.1. The molecule has 2 aromatic rings. The number of hydrogen-bond donors (Lipinski definition) is 0. The average molecular weight is 356 g/mol. The molecule has 0 saturated heterocycles. The van der Waals surface area contributed by atoms with E-state index >= 15 is 0 Å². The Balaban J connectivity index is 2.36. The van der Waals surface area contributed by atoms with Crippen LogP contribution in [-0.4, -0.2) is 24.7 Å². The maximum absolute atomic E-state index is 13.7. The summed E-state index contributed by atoms with van der Waals surface area (Å²) in [7, 11) is -2.86. The molecule has 24 heavy (non-hydrogen) atoms. The normalized spacial score (nSPS) is 11.7. The van der Waals surface area contributed by atoms with Crippen LogP contribution in [0.15, 0.2) is 41.3 Å². The van der Waals surface area contributed by atoms with Gasteiger partial charge in [0, 0.05) is 36.9 Å². The van der Waals surface area contributed by atoms with E-state index in [1.165, 1.54) is 26.1 Å². The molecule has 0 atom stereocenters. The molecular formula is C15H14F2N2O4S. The molecule has 0 aromatic heterocycles. The van der Waals surface area contributed by atoms with Crippen molar-refractivity contribution in [2.45, 2.75) is 18.4 Å². The number of sulfonamides is 1. The Hall–Kier alpha value is -2.39. The predicted molar refractivity (Wildman–Crippen MR) is 82.8 cm³/mol. The fourth-order valence-electron chi connectivity index (χ4n) is 2.10. The zero-order valence-electron chi connectivity index (χ0n) is 12.9. The summed E-state index contributed by atoms with van der Waals surface area (Å²) in [5.41, 5.74) is -0.00675. The number of benzene rings is 2. The molecule has 0 heterocycles. The van der Waals surface area contributed by atoms with Gasteiger partial charge in [0.2, 0.25) is 10.0 Å². The molecule has 2 rings (SSSR count). The van der Waals surface area contributed by atoms with E-state index in [1.54, 1.807) is 0 Å². The highest BCUT2D eigenvalue weighted by Gasteiger charge is 2.25. The van der Waals surface area contributed by atoms with Crippen LogP contribution in [0, 0.1) is 28.7 Å². The summed E-state index contributed by atoms with van der Waals surface area (Å²) in [4.78, 5) is 10.0. The van der Waals surface area contributed by atoms with Gasteiger partial charge in [0.15, 0.2) is 0 Å². The SMILES string of the molecule is Cc1ccc(S(=O)(=O)N(C)Cc2ccc(F)cc2F)cc1[N+](=O)[O-]. The van der Waals surface area contributed by atoms with E-state index in [1.807, 2.05) is 0 Å². The molecule has 0 radical (unpaired) electrons. The summed E-state index contributed by atoms with van der Waals surface area (Å²) in [6.45, 7) is 1.16. The molecular weight excluding hydrogens is 342 g/mol. The monoisotopic (exact) mass is 356 g/mol. The van der Waals surface area contributed by atoms with Gasteiger partial charge in [-0.15, -0.1) is 0 Å². The molecule has 0 saturated carbocycles. The molecule has 0 fully saturated rings. The lowest BCUT2D eigenvalue weighted by Crippen LogP contribution is -2.27. The van der Waals surface area contributed by atoms with Gasteiger partial charge in [-0.3, -0.25) is 10.1 Å². The first kappa shape index (κ1) is 18.0. The van der Waals surface area contributed by atoms with Crippen LogP contribution in [0.1, 0.15) is 11.1 Å². The van der Waals surface area contributed by atoms with Crippen molar-refractivity contribution < 1.29 is 22.1 Å². The van der Waals surface area contributed by atoms with Crippen molar-refractivity contribution in [3.8, 4) is 0 Å². The number of rotatable bonds is 5. The molecule has 0 bridgehead atoms. The fraction of sp³-hybridized carbons (Fsp3) is 0.200. The smallest absolute Gasteiger partial charge is 0.258 e. The molecule has 2 aromatic carbocycles. The van der Waals surface area contributed by atoms with Crippen LogP contribution in [0.5, 0.6) is 0 Å². The van der Waals surface area contributed by atoms with E-state index in [2.05, 4.69) is 0 Å². The highest BCUT2D eigenvalue weighted by atomic mass is 32.2. The van der Waals surface area contributed by atoms with Gasteiger partial charge in [0.05, 0.1) is 9.82 Å². The lowest BCUT2D eigenvalue weighted by atomic mass is 10.2. The van der Waals surface area contributed by atoms with Crippen LogP contribution in [0.3, 0.4) is 0 Å². The van der Waals surface area contributed by atoms with Crippen LogP contribution in [-0.2, 0) is 16.6 Å². The molecule has 6 nitrogen and oxygen atoms in total. The Morgan fingerprint density at radius 2 is 1.83 bits per heavy atom. The molecule has 9 heteroatoms. The van der Waals surface area contributed by atoms with Crippen molar-refractivity contribution in [1.29, 1.82) is 0 Å². The average Bonchev–Trinajstić information content (AvgIpc) is 2.49. The number of halogens is 2. The minimum Gasteiger partial charge on any atom is -0.258 e. The van der Waals surface area contributed by atoms with Crippen molar-refractivity contribution in [3.05, 3.63) is 69.3 Å². The number of aryl methyl sites for hydroxylation is 1. The van der Waals surface area contributed by atoms with Crippen LogP contribution < -0.4 is 0 Å². The Morgan fingerprint density at radius 3 is 2.42 bits per heavy atom. The van der Waals surface area contributed by atoms with Gasteiger partial charge in [-0.05, 0) is 19.1 Å². The highest BCUT2D eigenvalue weighted by molar-refractivity contribution is 7.89. The van der Waals surface area contributed by atoms with E-state index in [0.717, 1.165) is 22.5 Å². The van der Waals surface area contributed by atoms with Gasteiger partial charge in [-0.25, -0.2) is 17.2 Å². The van der Waals surface area contributed by atoms with Crippen molar-refractivity contribution in [1.82, 2.24) is 4.31 Å². The summed E-state index contributed by atoms with van der Waals surface area (Å²) in [5.74, 6) is -1.64. The first-order valence-electron chi connectivity index (χ1n) is 6.78. The minimum atomic E-state index is -4.07. The number of nitro groups is 1. The summed E-state index contributed by atoms with van der Waals surface area (Å²) >= 11 is 0. The van der Waals surface area contributed by atoms with Crippen molar-refractivity contribution in [2.75, 3.05) is 7.05 Å². The van der Waals surface area contributed by atoms with Crippen molar-refractivity contribution in [3.63, 3.8) is 0 Å². The second-order valence-corrected chi connectivity index (χ2v) is 7.25. The van der Waals surface area contributed by atoms with Gasteiger partial charge in [0.25, 0.3) is 5.69 Å². The van der Waals surface area contributed by atoms with Gasteiger partial charge in [0.1, 0.15) is 11.6 Å². The molecule has 0 aliphatic carbocycles. The third-order valence-corrected chi connectivity index (χ3v) is 5.29. The minimum absolute atomic E-state index is 0.0101. The van der Waals surface area contributed by atoms with E-state index in [4.69, 9.17) is 0 Å². The van der Waals surface area contributed by atoms with E-state index in [-0.39, 0.29) is 22.7 Å². The maximum atomic E-state index is 13.7. The van der Waals surface area contributed by atoms with Crippen LogP contribution >= 0.6 is 0 Å². The first-order chi connectivity index (χ1) is 11.1. The summed E-state index contributed by atoms with van der Waals surface area (Å²) in [6, 6.07) is 6.37. The molecule has 0 N–H and O–H groups in total. The van der Waals surface area contributed by atoms with Gasteiger partial charge in [-0.2, -0.15) is 4.31 Å². The topological polar surface area (TPSA) is 80.5 Å². The van der Waals surface area contributed by atoms with E-state index < -0.39 is 26.6 Å². The van der Waals surface area contributed by atoms with Gasteiger partial charge < -0.3 is 0 Å². The Bertz CT molecular complexity index is 900. The molecule has 0 aliphatic heterocycles. The molecule has 128 valence electrons. The Kier molecular flexibility index (Phi) is 4.95. The molecule has 0 amide bonds. The van der Waals surface area contributed by atoms with Gasteiger partial charge in [-0.1, -0.05) is 12.1 Å². The fourth-order valence-corrected chi connectivity index (χ4v) is 3.27. The number of nitrogens with zero attached hydrogens (tertiary/aromatic N) is 2. The number of nitro benzene ring substituents is 1. The van der Waals surface area contributed by atoms with Crippen LogP contribution in [0.4, 0.5) is 14.5 Å². The zero-order valence-corrected chi connectivity index (χ0v) is 13.7. The quantitative estimate of drug-likeness (QED) is 0.609. The molecule has 0 spiro atoms. The Morgan fingerprint density at radius 1 is 1.17 bits per heavy atom. The Labute approximate surface area is 137 Å². The van der Waals surface area contributed by atoms with Crippen LogP contribution in [0.2, 0.25) is 0 Å².